The average Bonchev–Trinajstić information content (AvgIpc) is 2.11. The van der Waals surface area contributed by atoms with Gasteiger partial charge in [0.2, 0.25) is 0 Å². The van der Waals surface area contributed by atoms with Crippen molar-refractivity contribution in [3.8, 4) is 0 Å². The lowest BCUT2D eigenvalue weighted by Gasteiger charge is -2.22. The first-order valence-electron chi connectivity index (χ1n) is 5.50. The number of nitrogens with zero attached hydrogens (tertiary/aromatic N) is 1. The number of carboxylic acids is 1. The molecule has 4 nitrogen and oxygen atoms in total. The summed E-state index contributed by atoms with van der Waals surface area (Å²) in [7, 11) is 2.07. The molecule has 0 fully saturated rings. The van der Waals surface area contributed by atoms with Crippen LogP contribution < -0.4 is 5.73 Å². The van der Waals surface area contributed by atoms with Crippen LogP contribution in [0.25, 0.3) is 0 Å². The van der Waals surface area contributed by atoms with Gasteiger partial charge in [-0.15, -0.1) is 0 Å². The summed E-state index contributed by atoms with van der Waals surface area (Å²) in [5.41, 5.74) is 4.55. The zero-order valence-corrected chi connectivity index (χ0v) is 10.3. The summed E-state index contributed by atoms with van der Waals surface area (Å²) in [5.74, 6) is -0.917. The number of rotatable bonds is 7. The number of carboxylic acid groups (broad SMARTS) is 1. The Morgan fingerprint density at radius 3 is 2.40 bits per heavy atom. The fourth-order valence-corrected chi connectivity index (χ4v) is 1.22. The molecule has 0 spiro atoms. The van der Waals surface area contributed by atoms with Gasteiger partial charge < -0.3 is 15.7 Å². The monoisotopic (exact) mass is 216 g/mol. The molecule has 0 aromatic carbocycles. The second-order valence-corrected chi connectivity index (χ2v) is 4.75. The van der Waals surface area contributed by atoms with Gasteiger partial charge >= 0.3 is 5.97 Å². The molecule has 0 saturated carbocycles. The maximum absolute atomic E-state index is 10.7. The van der Waals surface area contributed by atoms with E-state index < -0.39 is 11.5 Å². The van der Waals surface area contributed by atoms with Crippen molar-refractivity contribution >= 4 is 5.97 Å². The van der Waals surface area contributed by atoms with Crippen LogP contribution in [0, 0.1) is 0 Å². The lowest BCUT2D eigenvalue weighted by atomic mass is 9.96. The van der Waals surface area contributed by atoms with Gasteiger partial charge in [0.1, 0.15) is 5.54 Å². The summed E-state index contributed by atoms with van der Waals surface area (Å²) in [4.78, 5) is 13.0. The quantitative estimate of drug-likeness (QED) is 0.629. The molecule has 0 radical (unpaired) electrons. The molecular formula is C11H24N2O2. The summed E-state index contributed by atoms with van der Waals surface area (Å²) in [6.07, 6.45) is 2.39. The van der Waals surface area contributed by atoms with E-state index in [2.05, 4.69) is 25.8 Å². The molecule has 0 saturated heterocycles. The Morgan fingerprint density at radius 1 is 1.47 bits per heavy atom. The molecular weight excluding hydrogens is 192 g/mol. The van der Waals surface area contributed by atoms with E-state index in [1.54, 1.807) is 6.92 Å². The molecule has 1 unspecified atom stereocenters. The number of hydrogen-bond acceptors (Lipinski definition) is 3. The molecule has 4 heteroatoms. The highest BCUT2D eigenvalue weighted by atomic mass is 16.4. The molecule has 0 aliphatic carbocycles. The van der Waals surface area contributed by atoms with Crippen LogP contribution >= 0.6 is 0 Å². The van der Waals surface area contributed by atoms with Crippen molar-refractivity contribution in [2.24, 2.45) is 5.73 Å². The predicted octanol–water partition coefficient (Wildman–Crippen LogP) is 1.30. The molecule has 0 aromatic rings. The van der Waals surface area contributed by atoms with Gasteiger partial charge in [-0.05, 0) is 53.6 Å². The van der Waals surface area contributed by atoms with Gasteiger partial charge in [-0.25, -0.2) is 0 Å². The highest BCUT2D eigenvalue weighted by Gasteiger charge is 2.26. The van der Waals surface area contributed by atoms with E-state index >= 15 is 0 Å². The Bertz CT molecular complexity index is 203. The number of carbonyl (C=O) groups is 1. The van der Waals surface area contributed by atoms with Crippen LogP contribution in [0.1, 0.15) is 40.0 Å². The van der Waals surface area contributed by atoms with Crippen molar-refractivity contribution < 1.29 is 9.90 Å². The van der Waals surface area contributed by atoms with Gasteiger partial charge in [0.25, 0.3) is 0 Å². The lowest BCUT2D eigenvalue weighted by Crippen LogP contribution is -2.44. The van der Waals surface area contributed by atoms with Crippen molar-refractivity contribution in [3.63, 3.8) is 0 Å². The van der Waals surface area contributed by atoms with Gasteiger partial charge in [0, 0.05) is 6.04 Å². The van der Waals surface area contributed by atoms with E-state index in [4.69, 9.17) is 10.8 Å². The molecule has 15 heavy (non-hydrogen) atoms. The average molecular weight is 216 g/mol. The van der Waals surface area contributed by atoms with Gasteiger partial charge in [-0.3, -0.25) is 4.79 Å². The minimum atomic E-state index is -1.07. The number of nitrogens with two attached hydrogens (primary N) is 1. The molecule has 0 heterocycles. The van der Waals surface area contributed by atoms with Crippen molar-refractivity contribution in [3.05, 3.63) is 0 Å². The van der Waals surface area contributed by atoms with Gasteiger partial charge in [-0.1, -0.05) is 0 Å². The minimum absolute atomic E-state index is 0.536. The van der Waals surface area contributed by atoms with E-state index in [1.165, 1.54) is 0 Å². The Hall–Kier alpha value is -0.610. The van der Waals surface area contributed by atoms with Crippen LogP contribution in [0.2, 0.25) is 0 Å². The van der Waals surface area contributed by atoms with Crippen molar-refractivity contribution in [2.45, 2.75) is 51.6 Å². The predicted molar refractivity (Wildman–Crippen MR) is 61.8 cm³/mol. The first-order chi connectivity index (χ1) is 6.77. The largest absolute Gasteiger partial charge is 0.480 e. The maximum Gasteiger partial charge on any atom is 0.323 e. The maximum atomic E-state index is 10.7. The highest BCUT2D eigenvalue weighted by molar-refractivity contribution is 5.77. The third-order valence-electron chi connectivity index (χ3n) is 2.83. The molecule has 3 N–H and O–H groups in total. The lowest BCUT2D eigenvalue weighted by molar-refractivity contribution is -0.142. The van der Waals surface area contributed by atoms with E-state index in [0.29, 0.717) is 12.5 Å². The van der Waals surface area contributed by atoms with Crippen molar-refractivity contribution in [1.82, 2.24) is 4.90 Å². The first-order valence-corrected chi connectivity index (χ1v) is 5.50. The van der Waals surface area contributed by atoms with E-state index in [0.717, 1.165) is 19.4 Å². The second kappa shape index (κ2) is 6.08. The Labute approximate surface area is 92.4 Å². The third-order valence-corrected chi connectivity index (χ3v) is 2.83. The standard InChI is InChI=1S/C11H24N2O2/c1-9(2)13(4)8-6-5-7-11(3,12)10(14)15/h9H,5-8,12H2,1-4H3,(H,14,15). The van der Waals surface area contributed by atoms with Gasteiger partial charge in [-0.2, -0.15) is 0 Å². The van der Waals surface area contributed by atoms with Crippen LogP contribution in [0.3, 0.4) is 0 Å². The van der Waals surface area contributed by atoms with Crippen LogP contribution in [-0.2, 0) is 4.79 Å². The van der Waals surface area contributed by atoms with Gasteiger partial charge in [0.15, 0.2) is 0 Å². The van der Waals surface area contributed by atoms with Crippen LogP contribution in [0.4, 0.5) is 0 Å². The summed E-state index contributed by atoms with van der Waals surface area (Å²) in [5, 5.41) is 8.80. The first kappa shape index (κ1) is 14.4. The van der Waals surface area contributed by atoms with Crippen molar-refractivity contribution in [1.29, 1.82) is 0 Å². The number of unbranched alkanes of at least 4 members (excludes halogenated alkanes) is 1. The Balaban J connectivity index is 3.68. The fourth-order valence-electron chi connectivity index (χ4n) is 1.22. The summed E-state index contributed by atoms with van der Waals surface area (Å²) in [6, 6.07) is 0.536. The smallest absolute Gasteiger partial charge is 0.323 e. The molecule has 0 aliphatic heterocycles. The normalized spacial score (nSPS) is 15.7. The topological polar surface area (TPSA) is 66.6 Å². The number of hydrogen-bond donors (Lipinski definition) is 2. The Morgan fingerprint density at radius 2 is 2.00 bits per heavy atom. The SMILES string of the molecule is CC(C)N(C)CCCCC(C)(N)C(=O)O. The second-order valence-electron chi connectivity index (χ2n) is 4.75. The minimum Gasteiger partial charge on any atom is -0.480 e. The van der Waals surface area contributed by atoms with Crippen LogP contribution in [0.5, 0.6) is 0 Å². The molecule has 0 bridgehead atoms. The van der Waals surface area contributed by atoms with E-state index in [-0.39, 0.29) is 0 Å². The van der Waals surface area contributed by atoms with E-state index in [9.17, 15) is 4.79 Å². The zero-order valence-electron chi connectivity index (χ0n) is 10.3. The van der Waals surface area contributed by atoms with Crippen LogP contribution in [-0.4, -0.2) is 41.1 Å². The molecule has 90 valence electrons. The summed E-state index contributed by atoms with van der Waals surface area (Å²) >= 11 is 0. The summed E-state index contributed by atoms with van der Waals surface area (Å²) in [6.45, 7) is 6.85. The van der Waals surface area contributed by atoms with E-state index in [1.807, 2.05) is 0 Å². The Kier molecular flexibility index (Phi) is 5.83. The number of aliphatic carboxylic acids is 1. The zero-order chi connectivity index (χ0) is 12.1. The van der Waals surface area contributed by atoms with Crippen LogP contribution in [0.15, 0.2) is 0 Å². The summed E-state index contributed by atoms with van der Waals surface area (Å²) < 4.78 is 0. The fraction of sp³-hybridized carbons (Fsp3) is 0.909. The molecule has 0 aromatic heterocycles. The van der Waals surface area contributed by atoms with Gasteiger partial charge in [0.05, 0.1) is 0 Å². The molecule has 0 aliphatic rings. The molecule has 0 amide bonds. The van der Waals surface area contributed by atoms with Crippen molar-refractivity contribution in [2.75, 3.05) is 13.6 Å². The highest BCUT2D eigenvalue weighted by Crippen LogP contribution is 2.11. The molecule has 1 atom stereocenters. The third kappa shape index (κ3) is 5.74. The molecule has 0 rings (SSSR count).